The third-order valence-corrected chi connectivity index (χ3v) is 6.49. The zero-order chi connectivity index (χ0) is 22.6. The molecule has 1 saturated heterocycles. The van der Waals surface area contributed by atoms with E-state index >= 15 is 0 Å². The maximum atomic E-state index is 12.8. The fourth-order valence-corrected chi connectivity index (χ4v) is 4.88. The molecule has 4 rings (SSSR count). The number of nitrogens with zero attached hydrogens (tertiary/aromatic N) is 5. The van der Waals surface area contributed by atoms with Crippen molar-refractivity contribution in [3.8, 4) is 0 Å². The topological polar surface area (TPSA) is 127 Å². The van der Waals surface area contributed by atoms with Crippen molar-refractivity contribution in [3.63, 3.8) is 0 Å². The van der Waals surface area contributed by atoms with Gasteiger partial charge < -0.3 is 19.3 Å². The second-order valence-electron chi connectivity index (χ2n) is 9.05. The number of hydrogen-bond donors (Lipinski definition) is 1. The van der Waals surface area contributed by atoms with Crippen LogP contribution in [0.25, 0.3) is 0 Å². The molecule has 10 nitrogen and oxygen atoms in total. The molecule has 2 aromatic rings. The number of rotatable bonds is 6. The number of piperidine rings is 1. The Morgan fingerprint density at radius 2 is 1.88 bits per heavy atom. The summed E-state index contributed by atoms with van der Waals surface area (Å²) in [5.41, 5.74) is -0.573. The quantitative estimate of drug-likeness (QED) is 0.674. The molecule has 1 atom stereocenters. The van der Waals surface area contributed by atoms with Crippen molar-refractivity contribution >= 4 is 11.8 Å². The Morgan fingerprint density at radius 3 is 2.56 bits per heavy atom. The summed E-state index contributed by atoms with van der Waals surface area (Å²) in [5, 5.41) is 11.1. The van der Waals surface area contributed by atoms with Gasteiger partial charge in [-0.2, -0.15) is 9.97 Å². The average Bonchev–Trinajstić information content (AvgIpc) is 3.37. The van der Waals surface area contributed by atoms with Crippen LogP contribution in [0.4, 0.5) is 0 Å². The van der Waals surface area contributed by atoms with Crippen molar-refractivity contribution < 1.29 is 18.6 Å². The van der Waals surface area contributed by atoms with E-state index < -0.39 is 5.54 Å². The van der Waals surface area contributed by atoms with Gasteiger partial charge in [-0.1, -0.05) is 36.0 Å². The molecule has 3 heterocycles. The summed E-state index contributed by atoms with van der Waals surface area (Å²) < 4.78 is 10.8. The van der Waals surface area contributed by atoms with Gasteiger partial charge in [0.1, 0.15) is 5.54 Å². The van der Waals surface area contributed by atoms with Gasteiger partial charge in [-0.05, 0) is 32.6 Å². The van der Waals surface area contributed by atoms with Crippen molar-refractivity contribution in [2.45, 2.75) is 89.5 Å². The van der Waals surface area contributed by atoms with Gasteiger partial charge in [-0.25, -0.2) is 0 Å². The molecule has 0 radical (unpaired) electrons. The number of amides is 2. The first kappa shape index (κ1) is 22.4. The summed E-state index contributed by atoms with van der Waals surface area (Å²) in [6, 6.07) is 0. The van der Waals surface area contributed by atoms with Crippen molar-refractivity contribution in [2.24, 2.45) is 0 Å². The number of nitrogens with one attached hydrogen (secondary N) is 1. The molecule has 2 fully saturated rings. The monoisotopic (exact) mass is 444 g/mol. The normalized spacial score (nSPS) is 21.2. The van der Waals surface area contributed by atoms with Crippen molar-refractivity contribution in [3.05, 3.63) is 23.4 Å². The second kappa shape index (κ2) is 9.79. The minimum absolute atomic E-state index is 0.0525. The number of aromatic nitrogens is 4. The van der Waals surface area contributed by atoms with E-state index in [4.69, 9.17) is 9.05 Å². The molecule has 1 aliphatic heterocycles. The van der Waals surface area contributed by atoms with Crippen molar-refractivity contribution in [1.29, 1.82) is 0 Å². The summed E-state index contributed by atoms with van der Waals surface area (Å²) >= 11 is 0. The van der Waals surface area contributed by atoms with Crippen LogP contribution in [0.2, 0.25) is 0 Å². The van der Waals surface area contributed by atoms with Gasteiger partial charge in [-0.15, -0.1) is 0 Å². The maximum absolute atomic E-state index is 12.8. The van der Waals surface area contributed by atoms with Crippen LogP contribution >= 0.6 is 0 Å². The standard InChI is InChI=1S/C22H32N6O4/c1-15-23-20(32-26-15)17-8-7-13-28(14-17)19(30)10-9-18-24-21(27-31-18)22(25-16(2)29)11-5-3-4-6-12-22/h17H,3-14H2,1-2H3,(H,25,29). The number of carbonyl (C=O) groups is 2. The molecule has 2 aromatic heterocycles. The number of hydrogen-bond acceptors (Lipinski definition) is 8. The number of aryl methyl sites for hydroxylation is 2. The lowest BCUT2D eigenvalue weighted by atomic mass is 9.89. The molecule has 174 valence electrons. The van der Waals surface area contributed by atoms with E-state index in [1.165, 1.54) is 6.92 Å². The predicted octanol–water partition coefficient (Wildman–Crippen LogP) is 2.79. The molecule has 1 aliphatic carbocycles. The Morgan fingerprint density at radius 1 is 1.09 bits per heavy atom. The van der Waals surface area contributed by atoms with E-state index in [0.717, 1.165) is 57.9 Å². The van der Waals surface area contributed by atoms with Crippen LogP contribution in [0.1, 0.15) is 94.1 Å². The molecule has 0 bridgehead atoms. The fraction of sp³-hybridized carbons (Fsp3) is 0.727. The Hall–Kier alpha value is -2.78. The zero-order valence-electron chi connectivity index (χ0n) is 18.9. The van der Waals surface area contributed by atoms with Gasteiger partial charge in [0.2, 0.25) is 23.6 Å². The summed E-state index contributed by atoms with van der Waals surface area (Å²) in [7, 11) is 0. The van der Waals surface area contributed by atoms with E-state index in [9.17, 15) is 9.59 Å². The lowest BCUT2D eigenvalue weighted by molar-refractivity contribution is -0.132. The first-order valence-electron chi connectivity index (χ1n) is 11.6. The van der Waals surface area contributed by atoms with Crippen LogP contribution in [-0.4, -0.2) is 50.1 Å². The van der Waals surface area contributed by atoms with Crippen molar-refractivity contribution in [1.82, 2.24) is 30.5 Å². The van der Waals surface area contributed by atoms with E-state index in [1.807, 2.05) is 4.90 Å². The van der Waals surface area contributed by atoms with E-state index in [2.05, 4.69) is 25.6 Å². The Bertz CT molecular complexity index is 931. The van der Waals surface area contributed by atoms with Crippen LogP contribution < -0.4 is 5.32 Å². The highest BCUT2D eigenvalue weighted by atomic mass is 16.5. The van der Waals surface area contributed by atoms with Crippen LogP contribution in [0, 0.1) is 6.92 Å². The third kappa shape index (κ3) is 5.16. The van der Waals surface area contributed by atoms with Crippen LogP contribution in [0.5, 0.6) is 0 Å². The molecule has 0 spiro atoms. The van der Waals surface area contributed by atoms with Gasteiger partial charge >= 0.3 is 0 Å². The molecule has 2 aliphatic rings. The Kier molecular flexibility index (Phi) is 6.86. The Balaban J connectivity index is 1.37. The highest BCUT2D eigenvalue weighted by Crippen LogP contribution is 2.34. The molecule has 32 heavy (non-hydrogen) atoms. The smallest absolute Gasteiger partial charge is 0.231 e. The van der Waals surface area contributed by atoms with Crippen molar-refractivity contribution in [2.75, 3.05) is 13.1 Å². The molecule has 10 heteroatoms. The fourth-order valence-electron chi connectivity index (χ4n) is 4.88. The van der Waals surface area contributed by atoms with Gasteiger partial charge in [0, 0.05) is 32.9 Å². The SMILES string of the molecule is CC(=O)NC1(c2noc(CCC(=O)N3CCCC(c4nc(C)no4)C3)n2)CCCCCC1. The Labute approximate surface area is 187 Å². The predicted molar refractivity (Wildman–Crippen MR) is 113 cm³/mol. The largest absolute Gasteiger partial charge is 0.343 e. The molecule has 0 aromatic carbocycles. The van der Waals surface area contributed by atoms with E-state index in [-0.39, 0.29) is 17.7 Å². The van der Waals surface area contributed by atoms with Gasteiger partial charge in [0.15, 0.2) is 11.6 Å². The van der Waals surface area contributed by atoms with E-state index in [1.54, 1.807) is 6.92 Å². The van der Waals surface area contributed by atoms with Crippen LogP contribution in [0.3, 0.4) is 0 Å². The summed E-state index contributed by atoms with van der Waals surface area (Å²) in [6.07, 6.45) is 8.42. The van der Waals surface area contributed by atoms with Crippen LogP contribution in [0.15, 0.2) is 9.05 Å². The molecule has 1 saturated carbocycles. The lowest BCUT2D eigenvalue weighted by Gasteiger charge is -2.31. The van der Waals surface area contributed by atoms with Gasteiger partial charge in [0.25, 0.3) is 0 Å². The highest BCUT2D eigenvalue weighted by molar-refractivity contribution is 5.76. The van der Waals surface area contributed by atoms with Gasteiger partial charge in [-0.3, -0.25) is 9.59 Å². The first-order chi connectivity index (χ1) is 15.4. The molecular weight excluding hydrogens is 412 g/mol. The maximum Gasteiger partial charge on any atom is 0.231 e. The molecule has 1 N–H and O–H groups in total. The summed E-state index contributed by atoms with van der Waals surface area (Å²) in [5.74, 6) is 2.22. The van der Waals surface area contributed by atoms with Crippen LogP contribution in [-0.2, 0) is 21.5 Å². The minimum Gasteiger partial charge on any atom is -0.343 e. The molecule has 2 amide bonds. The lowest BCUT2D eigenvalue weighted by Crippen LogP contribution is -2.45. The third-order valence-electron chi connectivity index (χ3n) is 6.49. The second-order valence-corrected chi connectivity index (χ2v) is 9.05. The highest BCUT2D eigenvalue weighted by Gasteiger charge is 2.38. The average molecular weight is 445 g/mol. The number of likely N-dealkylation sites (tertiary alicyclic amines) is 1. The van der Waals surface area contributed by atoms with Gasteiger partial charge in [0.05, 0.1) is 5.92 Å². The van der Waals surface area contributed by atoms with E-state index in [0.29, 0.717) is 42.8 Å². The molecular formula is C22H32N6O4. The zero-order valence-corrected chi connectivity index (χ0v) is 18.9. The summed E-state index contributed by atoms with van der Waals surface area (Å²) in [4.78, 5) is 35.5. The minimum atomic E-state index is -0.573. The first-order valence-corrected chi connectivity index (χ1v) is 11.6. The number of carbonyl (C=O) groups excluding carboxylic acids is 2. The summed E-state index contributed by atoms with van der Waals surface area (Å²) in [6.45, 7) is 4.63. The molecule has 1 unspecified atom stereocenters.